The number of rotatable bonds is 6. The second kappa shape index (κ2) is 6.14. The van der Waals surface area contributed by atoms with Crippen LogP contribution >= 0.6 is 11.6 Å². The summed E-state index contributed by atoms with van der Waals surface area (Å²) in [5.41, 5.74) is 0.777. The maximum absolute atomic E-state index is 9.07. The van der Waals surface area contributed by atoms with Gasteiger partial charge < -0.3 is 15.2 Å². The van der Waals surface area contributed by atoms with Gasteiger partial charge in [-0.15, -0.1) is 0 Å². The molecule has 1 atom stereocenters. The fraction of sp³-hybridized carbons (Fsp3) is 0.545. The number of methoxy groups -OCH3 is 1. The lowest BCUT2D eigenvalue weighted by molar-refractivity contribution is 0.170. The summed E-state index contributed by atoms with van der Waals surface area (Å²) in [5.74, 6) is 1.14. The van der Waals surface area contributed by atoms with Gasteiger partial charge in [-0.2, -0.15) is 19.6 Å². The number of ether oxygens (including phenoxy) is 1. The Hall–Kier alpha value is -1.44. The first kappa shape index (κ1) is 14.0. The van der Waals surface area contributed by atoms with Crippen molar-refractivity contribution >= 4 is 23.2 Å². The summed E-state index contributed by atoms with van der Waals surface area (Å²) in [6.07, 6.45) is 1.98. The first-order valence-corrected chi connectivity index (χ1v) is 6.27. The highest BCUT2D eigenvalue weighted by molar-refractivity contribution is 6.30. The van der Waals surface area contributed by atoms with Crippen LogP contribution < -0.4 is 5.32 Å². The monoisotopic (exact) mass is 285 g/mol. The van der Waals surface area contributed by atoms with Crippen LogP contribution in [-0.2, 0) is 4.74 Å². The van der Waals surface area contributed by atoms with Crippen molar-refractivity contribution in [3.63, 3.8) is 0 Å². The van der Waals surface area contributed by atoms with Crippen LogP contribution in [0.15, 0.2) is 6.33 Å². The average molecular weight is 286 g/mol. The Bertz CT molecular complexity index is 553. The molecular weight excluding hydrogens is 270 g/mol. The van der Waals surface area contributed by atoms with E-state index in [0.29, 0.717) is 29.8 Å². The second-order valence-corrected chi connectivity index (χ2v) is 4.51. The van der Waals surface area contributed by atoms with Crippen molar-refractivity contribution in [1.82, 2.24) is 19.6 Å². The molecule has 2 N–H and O–H groups in total. The highest BCUT2D eigenvalue weighted by atomic mass is 35.5. The van der Waals surface area contributed by atoms with Crippen LogP contribution in [0.25, 0.3) is 5.78 Å². The van der Waals surface area contributed by atoms with Gasteiger partial charge >= 0.3 is 0 Å². The predicted octanol–water partition coefficient (Wildman–Crippen LogP) is 0.895. The Kier molecular flexibility index (Phi) is 4.52. The summed E-state index contributed by atoms with van der Waals surface area (Å²) < 4.78 is 6.71. The normalized spacial score (nSPS) is 12.8. The second-order valence-electron chi connectivity index (χ2n) is 4.16. The number of halogens is 1. The highest BCUT2D eigenvalue weighted by Crippen LogP contribution is 2.23. The third kappa shape index (κ3) is 2.94. The highest BCUT2D eigenvalue weighted by Gasteiger charge is 2.16. The van der Waals surface area contributed by atoms with E-state index in [1.165, 1.54) is 6.33 Å². The molecule has 0 aliphatic rings. The molecule has 104 valence electrons. The molecule has 2 aromatic rings. The fourth-order valence-electron chi connectivity index (χ4n) is 1.81. The van der Waals surface area contributed by atoms with Crippen molar-refractivity contribution in [3.8, 4) is 0 Å². The molecule has 7 nitrogen and oxygen atoms in total. The van der Waals surface area contributed by atoms with E-state index in [1.54, 1.807) is 11.6 Å². The molecule has 0 radical (unpaired) electrons. The molecule has 2 heterocycles. The van der Waals surface area contributed by atoms with E-state index in [0.717, 1.165) is 5.56 Å². The smallest absolute Gasteiger partial charge is 0.255 e. The van der Waals surface area contributed by atoms with Gasteiger partial charge in [0, 0.05) is 19.3 Å². The average Bonchev–Trinajstić information content (AvgIpc) is 2.83. The quantitative estimate of drug-likeness (QED) is 0.767. The number of aromatic nitrogens is 4. The van der Waals surface area contributed by atoms with E-state index >= 15 is 0 Å². The molecule has 0 aliphatic carbocycles. The van der Waals surface area contributed by atoms with E-state index in [-0.39, 0.29) is 12.6 Å². The van der Waals surface area contributed by atoms with E-state index in [9.17, 15) is 0 Å². The van der Waals surface area contributed by atoms with Gasteiger partial charge in [-0.25, -0.2) is 0 Å². The summed E-state index contributed by atoms with van der Waals surface area (Å²) in [6.45, 7) is 2.39. The van der Waals surface area contributed by atoms with Crippen LogP contribution in [0.2, 0.25) is 5.15 Å². The van der Waals surface area contributed by atoms with Gasteiger partial charge in [-0.05, 0) is 13.3 Å². The van der Waals surface area contributed by atoms with E-state index in [4.69, 9.17) is 21.4 Å². The topological polar surface area (TPSA) is 84.6 Å². The molecule has 0 aromatic carbocycles. The molecule has 19 heavy (non-hydrogen) atoms. The van der Waals surface area contributed by atoms with Crippen LogP contribution in [0, 0.1) is 6.92 Å². The third-order valence-electron chi connectivity index (χ3n) is 2.79. The van der Waals surface area contributed by atoms with Gasteiger partial charge in [-0.3, -0.25) is 0 Å². The molecule has 2 aromatic heterocycles. The molecular formula is C11H16ClN5O2. The molecule has 0 spiro atoms. The summed E-state index contributed by atoms with van der Waals surface area (Å²) in [5, 5.41) is 16.8. The Labute approximate surface area is 115 Å². The number of aliphatic hydroxyl groups is 1. The molecule has 8 heteroatoms. The zero-order chi connectivity index (χ0) is 13.8. The molecule has 0 amide bonds. The Morgan fingerprint density at radius 2 is 2.37 bits per heavy atom. The molecule has 0 aliphatic heterocycles. The lowest BCUT2D eigenvalue weighted by Gasteiger charge is -2.20. The minimum absolute atomic E-state index is 0.0421. The number of hydrogen-bond donors (Lipinski definition) is 2. The number of nitrogens with zero attached hydrogens (tertiary/aromatic N) is 4. The Balaban J connectivity index is 2.36. The first-order chi connectivity index (χ1) is 9.17. The molecule has 2 rings (SSSR count). The maximum Gasteiger partial charge on any atom is 0.255 e. The largest absolute Gasteiger partial charge is 0.396 e. The first-order valence-electron chi connectivity index (χ1n) is 5.89. The fourth-order valence-corrected chi connectivity index (χ4v) is 1.98. The van der Waals surface area contributed by atoms with Crippen molar-refractivity contribution in [2.24, 2.45) is 0 Å². The molecule has 1 unspecified atom stereocenters. The maximum atomic E-state index is 9.07. The molecule has 0 bridgehead atoms. The van der Waals surface area contributed by atoms with Crippen LogP contribution in [0.4, 0.5) is 5.82 Å². The number of nitrogens with one attached hydrogen (secondary N) is 1. The van der Waals surface area contributed by atoms with E-state index in [2.05, 4.69) is 20.4 Å². The summed E-state index contributed by atoms with van der Waals surface area (Å²) in [7, 11) is 1.61. The number of anilines is 1. The minimum Gasteiger partial charge on any atom is -0.396 e. The number of fused-ring (bicyclic) bond motifs is 1. The molecule has 0 saturated carbocycles. The summed E-state index contributed by atoms with van der Waals surface area (Å²) >= 11 is 6.07. The van der Waals surface area contributed by atoms with Crippen molar-refractivity contribution in [3.05, 3.63) is 17.0 Å². The van der Waals surface area contributed by atoms with Crippen LogP contribution in [0.1, 0.15) is 12.0 Å². The Morgan fingerprint density at radius 1 is 1.58 bits per heavy atom. The van der Waals surface area contributed by atoms with Crippen molar-refractivity contribution in [2.75, 3.05) is 25.6 Å². The van der Waals surface area contributed by atoms with E-state index in [1.807, 2.05) is 6.92 Å². The lowest BCUT2D eigenvalue weighted by Crippen LogP contribution is -2.28. The SMILES string of the molecule is COCC(CCO)Nc1c(C)c(Cl)nc2ncnn12. The van der Waals surface area contributed by atoms with Crippen LogP contribution in [0.5, 0.6) is 0 Å². The zero-order valence-corrected chi connectivity index (χ0v) is 11.6. The van der Waals surface area contributed by atoms with Crippen LogP contribution in [-0.4, -0.2) is 51.1 Å². The van der Waals surface area contributed by atoms with Gasteiger partial charge in [0.2, 0.25) is 0 Å². The standard InChI is InChI=1S/C11H16ClN5O2/c1-7-9(12)16-11-13-6-14-17(11)10(7)15-8(3-4-18)5-19-2/h6,8,15,18H,3-5H2,1-2H3. The predicted molar refractivity (Wildman–Crippen MR) is 71.5 cm³/mol. The third-order valence-corrected chi connectivity index (χ3v) is 3.16. The summed E-state index contributed by atoms with van der Waals surface area (Å²) in [4.78, 5) is 8.15. The van der Waals surface area contributed by atoms with Crippen LogP contribution in [0.3, 0.4) is 0 Å². The number of aliphatic hydroxyl groups excluding tert-OH is 1. The van der Waals surface area contributed by atoms with Gasteiger partial charge in [-0.1, -0.05) is 11.6 Å². The molecule has 0 fully saturated rings. The van der Waals surface area contributed by atoms with Gasteiger partial charge in [0.15, 0.2) is 0 Å². The van der Waals surface area contributed by atoms with Crippen molar-refractivity contribution < 1.29 is 9.84 Å². The molecule has 0 saturated heterocycles. The Morgan fingerprint density at radius 3 is 3.05 bits per heavy atom. The van der Waals surface area contributed by atoms with Gasteiger partial charge in [0.1, 0.15) is 17.3 Å². The number of hydrogen-bond acceptors (Lipinski definition) is 6. The minimum atomic E-state index is -0.0421. The zero-order valence-electron chi connectivity index (χ0n) is 10.8. The summed E-state index contributed by atoms with van der Waals surface area (Å²) in [6, 6.07) is -0.0421. The van der Waals surface area contributed by atoms with Gasteiger partial charge in [0.05, 0.1) is 12.6 Å². The van der Waals surface area contributed by atoms with E-state index < -0.39 is 0 Å². The van der Waals surface area contributed by atoms with Gasteiger partial charge in [0.25, 0.3) is 5.78 Å². The van der Waals surface area contributed by atoms with Crippen molar-refractivity contribution in [1.29, 1.82) is 0 Å². The lowest BCUT2D eigenvalue weighted by atomic mass is 10.2. The van der Waals surface area contributed by atoms with Crippen molar-refractivity contribution in [2.45, 2.75) is 19.4 Å².